The maximum Gasteiger partial charge on any atom is 0.185 e. The van der Waals surface area contributed by atoms with Crippen molar-refractivity contribution in [3.05, 3.63) is 35.4 Å². The van der Waals surface area contributed by atoms with Crippen LogP contribution in [-0.2, 0) is 0 Å². The summed E-state index contributed by atoms with van der Waals surface area (Å²) in [4.78, 5) is 0. The van der Waals surface area contributed by atoms with Gasteiger partial charge in [-0.2, -0.15) is 0 Å². The maximum atomic E-state index is 13.7. The molecule has 2 aromatic rings. The van der Waals surface area contributed by atoms with E-state index in [1.54, 1.807) is 0 Å². The molecule has 0 radical (unpaired) electrons. The summed E-state index contributed by atoms with van der Waals surface area (Å²) in [6.07, 6.45) is 0. The molecule has 0 amide bonds. The number of hydrogen-bond donors (Lipinski definition) is 2. The van der Waals surface area contributed by atoms with Crippen molar-refractivity contribution in [2.45, 2.75) is 0 Å². The molecule has 0 saturated carbocycles. The number of benzene rings is 2. The number of anilines is 2. The van der Waals surface area contributed by atoms with Crippen LogP contribution in [0.5, 0.6) is 0 Å². The largest absolute Gasteiger partial charge is 0.394 e. The van der Waals surface area contributed by atoms with Crippen LogP contribution in [0.25, 0.3) is 10.8 Å². The lowest BCUT2D eigenvalue weighted by Gasteiger charge is -2.10. The average molecular weight is 244 g/mol. The molecule has 0 aliphatic heterocycles. The molecule has 90 valence electrons. The van der Waals surface area contributed by atoms with Gasteiger partial charge in [0, 0.05) is 12.4 Å². The Morgan fingerprint density at radius 2 is 1.59 bits per heavy atom. The second-order valence-corrected chi connectivity index (χ2v) is 3.46. The second kappa shape index (κ2) is 3.80. The quantitative estimate of drug-likeness (QED) is 0.459. The van der Waals surface area contributed by atoms with E-state index in [1.807, 2.05) is 0 Å². The minimum Gasteiger partial charge on any atom is -0.394 e. The molecule has 0 bridgehead atoms. The molecule has 3 N–H and O–H groups in total. The fourth-order valence-corrected chi connectivity index (χ4v) is 1.64. The maximum absolute atomic E-state index is 13.7. The molecule has 2 aromatic carbocycles. The Labute approximate surface area is 94.0 Å². The van der Waals surface area contributed by atoms with Gasteiger partial charge in [-0.1, -0.05) is 0 Å². The van der Waals surface area contributed by atoms with Crippen molar-refractivity contribution in [2.24, 2.45) is 0 Å². The lowest BCUT2D eigenvalue weighted by molar-refractivity contribution is 0.506. The first-order valence-corrected chi connectivity index (χ1v) is 4.71. The number of nitrogens with one attached hydrogen (secondary N) is 1. The van der Waals surface area contributed by atoms with E-state index in [0.29, 0.717) is 0 Å². The minimum atomic E-state index is -1.58. The van der Waals surface area contributed by atoms with Gasteiger partial charge in [-0.15, -0.1) is 0 Å². The summed E-state index contributed by atoms with van der Waals surface area (Å²) in [7, 11) is 1.41. The Bertz CT molecular complexity index is 610. The Morgan fingerprint density at radius 1 is 0.941 bits per heavy atom. The molecule has 17 heavy (non-hydrogen) atoms. The summed E-state index contributed by atoms with van der Waals surface area (Å²) < 4.78 is 54.0. The van der Waals surface area contributed by atoms with Crippen LogP contribution in [0.15, 0.2) is 12.1 Å². The summed E-state index contributed by atoms with van der Waals surface area (Å²) in [5.41, 5.74) is 4.03. The van der Waals surface area contributed by atoms with Gasteiger partial charge in [0.05, 0.1) is 11.1 Å². The predicted octanol–water partition coefficient (Wildman–Crippen LogP) is 3.02. The molecule has 2 rings (SSSR count). The van der Waals surface area contributed by atoms with Gasteiger partial charge in [0.25, 0.3) is 0 Å². The van der Waals surface area contributed by atoms with Gasteiger partial charge in [-0.3, -0.25) is 0 Å². The van der Waals surface area contributed by atoms with Crippen molar-refractivity contribution < 1.29 is 17.6 Å². The van der Waals surface area contributed by atoms with Gasteiger partial charge in [0.2, 0.25) is 0 Å². The molecular formula is C11H8F4N2. The monoisotopic (exact) mass is 244 g/mol. The molecule has 0 spiro atoms. The van der Waals surface area contributed by atoms with Crippen molar-refractivity contribution in [3.63, 3.8) is 0 Å². The number of halogens is 4. The fourth-order valence-electron chi connectivity index (χ4n) is 1.64. The number of fused-ring (bicyclic) bond motifs is 1. The highest BCUT2D eigenvalue weighted by atomic mass is 19.2. The molecule has 0 aliphatic carbocycles. The zero-order chi connectivity index (χ0) is 12.7. The van der Waals surface area contributed by atoms with Crippen LogP contribution in [0.2, 0.25) is 0 Å². The van der Waals surface area contributed by atoms with Crippen molar-refractivity contribution in [1.82, 2.24) is 0 Å². The normalized spacial score (nSPS) is 10.9. The lowest BCUT2D eigenvalue weighted by Crippen LogP contribution is -2.03. The number of rotatable bonds is 1. The third-order valence-corrected chi connectivity index (χ3v) is 2.53. The van der Waals surface area contributed by atoms with Crippen LogP contribution < -0.4 is 11.1 Å². The van der Waals surface area contributed by atoms with E-state index < -0.39 is 39.7 Å². The first-order chi connectivity index (χ1) is 7.99. The summed E-state index contributed by atoms with van der Waals surface area (Å²) in [6.45, 7) is 0. The van der Waals surface area contributed by atoms with Crippen molar-refractivity contribution in [3.8, 4) is 0 Å². The smallest absolute Gasteiger partial charge is 0.185 e. The molecule has 0 fully saturated rings. The van der Waals surface area contributed by atoms with Gasteiger partial charge in [-0.05, 0) is 12.1 Å². The van der Waals surface area contributed by atoms with Gasteiger partial charge in [-0.25, -0.2) is 17.6 Å². The van der Waals surface area contributed by atoms with Crippen LogP contribution in [0, 0.1) is 23.3 Å². The summed E-state index contributed by atoms with van der Waals surface area (Å²) in [5.74, 6) is -5.29. The van der Waals surface area contributed by atoms with E-state index in [-0.39, 0.29) is 5.69 Å². The minimum absolute atomic E-state index is 0.0556. The van der Waals surface area contributed by atoms with E-state index in [2.05, 4.69) is 5.32 Å². The number of nitrogens with two attached hydrogens (primary N) is 1. The average Bonchev–Trinajstić information content (AvgIpc) is 2.33. The van der Waals surface area contributed by atoms with Crippen LogP contribution in [0.3, 0.4) is 0 Å². The standard InChI is InChI=1S/C11H8F4N2/c1-17-5-3-2-4-6(8(5)13)9(14)10(15)11(16)7(4)12/h2-3,17H,16H2,1H3. The number of hydrogen-bond acceptors (Lipinski definition) is 2. The Kier molecular flexibility index (Phi) is 2.57. The summed E-state index contributed by atoms with van der Waals surface area (Å²) >= 11 is 0. The van der Waals surface area contributed by atoms with Gasteiger partial charge in [0.1, 0.15) is 5.69 Å². The zero-order valence-corrected chi connectivity index (χ0v) is 8.74. The van der Waals surface area contributed by atoms with E-state index in [1.165, 1.54) is 13.1 Å². The van der Waals surface area contributed by atoms with Gasteiger partial charge < -0.3 is 11.1 Å². The predicted molar refractivity (Wildman–Crippen MR) is 57.7 cm³/mol. The SMILES string of the molecule is CNc1ccc2c(F)c(N)c(F)c(F)c2c1F. The molecule has 0 aromatic heterocycles. The van der Waals surface area contributed by atoms with Crippen LogP contribution in [0.1, 0.15) is 0 Å². The molecule has 0 aliphatic rings. The molecule has 0 saturated heterocycles. The summed E-state index contributed by atoms with van der Waals surface area (Å²) in [5, 5.41) is 1.31. The van der Waals surface area contributed by atoms with Crippen molar-refractivity contribution in [2.75, 3.05) is 18.1 Å². The molecule has 0 heterocycles. The molecule has 0 atom stereocenters. The van der Waals surface area contributed by atoms with Crippen LogP contribution in [-0.4, -0.2) is 7.05 Å². The zero-order valence-electron chi connectivity index (χ0n) is 8.74. The third kappa shape index (κ3) is 1.48. The highest BCUT2D eigenvalue weighted by Gasteiger charge is 2.21. The van der Waals surface area contributed by atoms with Crippen LogP contribution in [0.4, 0.5) is 28.9 Å². The Hall–Kier alpha value is -1.98. The molecular weight excluding hydrogens is 236 g/mol. The van der Waals surface area contributed by atoms with Crippen molar-refractivity contribution >= 4 is 22.1 Å². The third-order valence-electron chi connectivity index (χ3n) is 2.53. The Balaban J connectivity index is 3.01. The lowest BCUT2D eigenvalue weighted by atomic mass is 10.1. The van der Waals surface area contributed by atoms with E-state index >= 15 is 0 Å². The molecule has 2 nitrogen and oxygen atoms in total. The highest BCUT2D eigenvalue weighted by Crippen LogP contribution is 2.33. The fraction of sp³-hybridized carbons (Fsp3) is 0.0909. The van der Waals surface area contributed by atoms with Gasteiger partial charge in [0.15, 0.2) is 23.3 Å². The number of nitrogen functional groups attached to an aromatic ring is 1. The van der Waals surface area contributed by atoms with E-state index in [0.717, 1.165) is 6.07 Å². The van der Waals surface area contributed by atoms with Gasteiger partial charge >= 0.3 is 0 Å². The molecule has 6 heteroatoms. The topological polar surface area (TPSA) is 38.0 Å². The second-order valence-electron chi connectivity index (χ2n) is 3.46. The van der Waals surface area contributed by atoms with Crippen molar-refractivity contribution in [1.29, 1.82) is 0 Å². The van der Waals surface area contributed by atoms with E-state index in [9.17, 15) is 17.6 Å². The first kappa shape index (κ1) is 11.5. The molecule has 0 unspecified atom stereocenters. The Morgan fingerprint density at radius 3 is 2.18 bits per heavy atom. The highest BCUT2D eigenvalue weighted by molar-refractivity contribution is 5.90. The first-order valence-electron chi connectivity index (χ1n) is 4.71. The van der Waals surface area contributed by atoms with Crippen LogP contribution >= 0.6 is 0 Å². The van der Waals surface area contributed by atoms with E-state index in [4.69, 9.17) is 5.73 Å². The summed E-state index contributed by atoms with van der Waals surface area (Å²) in [6, 6.07) is 2.36.